The van der Waals surface area contributed by atoms with Crippen LogP contribution in [-0.2, 0) is 16.0 Å². The van der Waals surface area contributed by atoms with E-state index in [4.69, 9.17) is 4.74 Å². The van der Waals surface area contributed by atoms with Crippen molar-refractivity contribution in [3.63, 3.8) is 0 Å². The van der Waals surface area contributed by atoms with Crippen molar-refractivity contribution in [3.05, 3.63) is 29.8 Å². The highest BCUT2D eigenvalue weighted by molar-refractivity contribution is 14.0. The second-order valence-electron chi connectivity index (χ2n) is 8.12. The fraction of sp³-hybridized carbons (Fsp3) is 0.571. The van der Waals surface area contributed by atoms with Crippen LogP contribution in [0.3, 0.4) is 0 Å². The van der Waals surface area contributed by atoms with E-state index in [1.165, 1.54) is 6.92 Å². The van der Waals surface area contributed by atoms with Crippen LogP contribution < -0.4 is 16.0 Å². The molecule has 8 nitrogen and oxygen atoms in total. The van der Waals surface area contributed by atoms with Crippen LogP contribution in [0.5, 0.6) is 0 Å². The Labute approximate surface area is 196 Å². The van der Waals surface area contributed by atoms with Crippen LogP contribution in [0.2, 0.25) is 0 Å². The maximum absolute atomic E-state index is 12.0. The van der Waals surface area contributed by atoms with Gasteiger partial charge in [0, 0.05) is 38.8 Å². The fourth-order valence-corrected chi connectivity index (χ4v) is 2.81. The van der Waals surface area contributed by atoms with Crippen molar-refractivity contribution in [1.82, 2.24) is 15.5 Å². The van der Waals surface area contributed by atoms with Gasteiger partial charge in [0.25, 0.3) is 0 Å². The van der Waals surface area contributed by atoms with Gasteiger partial charge in [-0.1, -0.05) is 12.1 Å². The molecule has 1 saturated heterocycles. The molecule has 0 radical (unpaired) electrons. The number of rotatable bonds is 6. The summed E-state index contributed by atoms with van der Waals surface area (Å²) in [5, 5.41) is 9.36. The predicted octanol–water partition coefficient (Wildman–Crippen LogP) is 2.98. The van der Waals surface area contributed by atoms with Gasteiger partial charge in [-0.05, 0) is 51.8 Å². The van der Waals surface area contributed by atoms with Crippen LogP contribution in [-0.4, -0.2) is 60.7 Å². The number of benzene rings is 1. The molecule has 0 unspecified atom stereocenters. The number of anilines is 1. The monoisotopic (exact) mass is 531 g/mol. The van der Waals surface area contributed by atoms with Crippen molar-refractivity contribution in [1.29, 1.82) is 0 Å². The number of carbonyl (C=O) groups excluding carboxylic acids is 2. The molecule has 0 spiro atoms. The number of ether oxygens (including phenoxy) is 1. The third-order valence-corrected chi connectivity index (χ3v) is 4.16. The number of nitrogens with zero attached hydrogens (tertiary/aromatic N) is 2. The summed E-state index contributed by atoms with van der Waals surface area (Å²) >= 11 is 0. The lowest BCUT2D eigenvalue weighted by Gasteiger charge is -2.40. The number of hydrogen-bond donors (Lipinski definition) is 3. The van der Waals surface area contributed by atoms with E-state index in [0.29, 0.717) is 19.6 Å². The molecule has 0 bridgehead atoms. The van der Waals surface area contributed by atoms with E-state index >= 15 is 0 Å². The highest BCUT2D eigenvalue weighted by Crippen LogP contribution is 2.15. The lowest BCUT2D eigenvalue weighted by Crippen LogP contribution is -2.63. The van der Waals surface area contributed by atoms with Gasteiger partial charge < -0.3 is 25.6 Å². The zero-order valence-electron chi connectivity index (χ0n) is 18.4. The Kier molecular flexibility index (Phi) is 10.4. The maximum Gasteiger partial charge on any atom is 0.410 e. The molecule has 1 heterocycles. The molecule has 9 heteroatoms. The van der Waals surface area contributed by atoms with Gasteiger partial charge in [0.05, 0.1) is 6.04 Å². The van der Waals surface area contributed by atoms with E-state index in [1.807, 2.05) is 52.0 Å². The Morgan fingerprint density at radius 1 is 1.20 bits per heavy atom. The average Bonchev–Trinajstić information content (AvgIpc) is 2.57. The zero-order chi connectivity index (χ0) is 21.4. The summed E-state index contributed by atoms with van der Waals surface area (Å²) in [5.41, 5.74) is 1.46. The summed E-state index contributed by atoms with van der Waals surface area (Å²) in [6.45, 7) is 11.7. The third-order valence-electron chi connectivity index (χ3n) is 4.16. The Morgan fingerprint density at radius 3 is 2.37 bits per heavy atom. The summed E-state index contributed by atoms with van der Waals surface area (Å²) < 4.78 is 5.38. The van der Waals surface area contributed by atoms with E-state index < -0.39 is 5.60 Å². The van der Waals surface area contributed by atoms with Gasteiger partial charge in [0.1, 0.15) is 5.60 Å². The van der Waals surface area contributed by atoms with E-state index in [0.717, 1.165) is 30.2 Å². The van der Waals surface area contributed by atoms with Crippen molar-refractivity contribution in [2.75, 3.05) is 31.5 Å². The first kappa shape index (κ1) is 26.0. The molecule has 30 heavy (non-hydrogen) atoms. The minimum absolute atomic E-state index is 0. The average molecular weight is 531 g/mol. The first-order chi connectivity index (χ1) is 13.7. The second-order valence-corrected chi connectivity index (χ2v) is 8.12. The molecule has 0 atom stereocenters. The van der Waals surface area contributed by atoms with Crippen molar-refractivity contribution in [2.24, 2.45) is 4.99 Å². The Balaban J connectivity index is 0.00000450. The van der Waals surface area contributed by atoms with Crippen molar-refractivity contribution >= 4 is 47.6 Å². The molecule has 1 aliphatic heterocycles. The van der Waals surface area contributed by atoms with Gasteiger partial charge in [-0.15, -0.1) is 24.0 Å². The van der Waals surface area contributed by atoms with Crippen molar-refractivity contribution in [2.45, 2.75) is 52.7 Å². The number of amides is 2. The van der Waals surface area contributed by atoms with E-state index in [1.54, 1.807) is 4.90 Å². The predicted molar refractivity (Wildman–Crippen MR) is 131 cm³/mol. The first-order valence-corrected chi connectivity index (χ1v) is 10.1. The third kappa shape index (κ3) is 9.19. The summed E-state index contributed by atoms with van der Waals surface area (Å²) in [5.74, 6) is 0.668. The smallest absolute Gasteiger partial charge is 0.410 e. The molecule has 0 aliphatic carbocycles. The minimum Gasteiger partial charge on any atom is -0.444 e. The topological polar surface area (TPSA) is 95.1 Å². The normalized spacial score (nSPS) is 14.3. The quantitative estimate of drug-likeness (QED) is 0.298. The van der Waals surface area contributed by atoms with Gasteiger partial charge in [-0.2, -0.15) is 0 Å². The molecular weight excluding hydrogens is 497 g/mol. The van der Waals surface area contributed by atoms with Crippen LogP contribution in [0.15, 0.2) is 29.3 Å². The molecule has 1 fully saturated rings. The van der Waals surface area contributed by atoms with E-state index in [9.17, 15) is 9.59 Å². The van der Waals surface area contributed by atoms with Crippen molar-refractivity contribution < 1.29 is 14.3 Å². The Bertz CT molecular complexity index is 725. The number of aliphatic imine (C=N–C) groups is 1. The summed E-state index contributed by atoms with van der Waals surface area (Å²) in [6, 6.07) is 7.93. The largest absolute Gasteiger partial charge is 0.444 e. The number of hydrogen-bond acceptors (Lipinski definition) is 4. The summed E-state index contributed by atoms with van der Waals surface area (Å²) in [7, 11) is 0. The van der Waals surface area contributed by atoms with Gasteiger partial charge in [-0.3, -0.25) is 9.79 Å². The molecule has 168 valence electrons. The van der Waals surface area contributed by atoms with Crippen LogP contribution in [0.4, 0.5) is 10.5 Å². The molecule has 0 aromatic heterocycles. The number of halogens is 1. The Hall–Kier alpha value is -2.04. The van der Waals surface area contributed by atoms with Crippen LogP contribution >= 0.6 is 24.0 Å². The number of guanidine groups is 1. The minimum atomic E-state index is -0.480. The summed E-state index contributed by atoms with van der Waals surface area (Å²) in [4.78, 5) is 29.4. The molecule has 3 N–H and O–H groups in total. The fourth-order valence-electron chi connectivity index (χ4n) is 2.81. The van der Waals surface area contributed by atoms with Gasteiger partial charge in [-0.25, -0.2) is 4.79 Å². The van der Waals surface area contributed by atoms with Gasteiger partial charge in [0.15, 0.2) is 5.96 Å². The van der Waals surface area contributed by atoms with Crippen molar-refractivity contribution in [3.8, 4) is 0 Å². The number of carbonyl (C=O) groups is 2. The number of nitrogens with one attached hydrogen (secondary N) is 3. The van der Waals surface area contributed by atoms with Crippen LogP contribution in [0, 0.1) is 0 Å². The SMILES string of the molecule is CCNC(=NCCc1ccc(NC(C)=O)cc1)NC1CN(C(=O)OC(C)(C)C)C1.I. The maximum atomic E-state index is 12.0. The van der Waals surface area contributed by atoms with E-state index in [-0.39, 0.29) is 42.0 Å². The zero-order valence-corrected chi connectivity index (χ0v) is 20.8. The van der Waals surface area contributed by atoms with E-state index in [2.05, 4.69) is 20.9 Å². The standard InChI is InChI=1S/C21H33N5O3.HI/c1-6-22-19(25-18-13-26(14-18)20(28)29-21(3,4)5)23-12-11-16-7-9-17(10-8-16)24-15(2)27;/h7-10,18H,6,11-14H2,1-5H3,(H,24,27)(H2,22,23,25);1H. The molecule has 1 aromatic carbocycles. The number of likely N-dealkylation sites (tertiary alicyclic amines) is 1. The Morgan fingerprint density at radius 2 is 1.83 bits per heavy atom. The molecule has 1 aromatic rings. The van der Waals surface area contributed by atoms with Crippen LogP contribution in [0.25, 0.3) is 0 Å². The first-order valence-electron chi connectivity index (χ1n) is 10.1. The van der Waals surface area contributed by atoms with Gasteiger partial charge >= 0.3 is 6.09 Å². The molecule has 2 rings (SSSR count). The molecule has 2 amide bonds. The highest BCUT2D eigenvalue weighted by Gasteiger charge is 2.34. The highest BCUT2D eigenvalue weighted by atomic mass is 127. The lowest BCUT2D eigenvalue weighted by molar-refractivity contribution is -0.114. The molecular formula is C21H34IN5O3. The second kappa shape index (κ2) is 12.0. The molecule has 1 aliphatic rings. The van der Waals surface area contributed by atoms with Gasteiger partial charge in [0.2, 0.25) is 5.91 Å². The molecule has 0 saturated carbocycles. The lowest BCUT2D eigenvalue weighted by atomic mass is 10.1. The van der Waals surface area contributed by atoms with Crippen LogP contribution in [0.1, 0.15) is 40.2 Å². The summed E-state index contributed by atoms with van der Waals surface area (Å²) in [6.07, 6.45) is 0.520.